The Bertz CT molecular complexity index is 652. The summed E-state index contributed by atoms with van der Waals surface area (Å²) in [6.45, 7) is 0. The smallest absolute Gasteiger partial charge is 0.404 e. The van der Waals surface area contributed by atoms with Crippen LogP contribution in [0.1, 0.15) is 25.7 Å². The van der Waals surface area contributed by atoms with Crippen LogP contribution in [-0.2, 0) is 0 Å². The molecule has 0 spiro atoms. The number of amides is 1. The zero-order chi connectivity index (χ0) is 14.8. The topological polar surface area (TPSA) is 116 Å². The molecule has 9 heteroatoms. The van der Waals surface area contributed by atoms with Crippen LogP contribution in [0.15, 0.2) is 6.20 Å². The van der Waals surface area contributed by atoms with Gasteiger partial charge in [0.2, 0.25) is 5.28 Å². The SMILES string of the molecule is O=C(O)N[C@H]1CC[C@@H](Nc2nc(Cl)nc3[nH]ncc23)CC1. The summed E-state index contributed by atoms with van der Waals surface area (Å²) in [7, 11) is 0. The molecule has 2 aromatic heterocycles. The molecule has 0 aromatic carbocycles. The van der Waals surface area contributed by atoms with Crippen molar-refractivity contribution in [1.29, 1.82) is 0 Å². The largest absolute Gasteiger partial charge is 0.465 e. The molecule has 0 aliphatic heterocycles. The normalized spacial score (nSPS) is 22.1. The molecule has 0 saturated heterocycles. The van der Waals surface area contributed by atoms with Gasteiger partial charge in [0.05, 0.1) is 11.6 Å². The van der Waals surface area contributed by atoms with Gasteiger partial charge in [0.25, 0.3) is 0 Å². The quantitative estimate of drug-likeness (QED) is 0.644. The van der Waals surface area contributed by atoms with E-state index in [1.54, 1.807) is 6.20 Å². The monoisotopic (exact) mass is 310 g/mol. The number of rotatable bonds is 3. The van der Waals surface area contributed by atoms with Gasteiger partial charge in [-0.05, 0) is 37.3 Å². The number of halogens is 1. The molecular weight excluding hydrogens is 296 g/mol. The van der Waals surface area contributed by atoms with E-state index < -0.39 is 6.09 Å². The van der Waals surface area contributed by atoms with Crippen LogP contribution in [0.3, 0.4) is 0 Å². The first-order chi connectivity index (χ1) is 10.1. The van der Waals surface area contributed by atoms with Crippen molar-refractivity contribution in [2.24, 2.45) is 0 Å². The number of carbonyl (C=O) groups is 1. The van der Waals surface area contributed by atoms with Crippen LogP contribution in [0, 0.1) is 0 Å². The molecule has 1 saturated carbocycles. The molecule has 8 nitrogen and oxygen atoms in total. The predicted octanol–water partition coefficient (Wildman–Crippen LogP) is 2.00. The van der Waals surface area contributed by atoms with Crippen LogP contribution < -0.4 is 10.6 Å². The predicted molar refractivity (Wildman–Crippen MR) is 77.5 cm³/mol. The number of nitrogens with zero attached hydrogens (tertiary/aromatic N) is 3. The lowest BCUT2D eigenvalue weighted by Gasteiger charge is -2.29. The first-order valence-corrected chi connectivity index (χ1v) is 7.12. The molecule has 1 aliphatic rings. The van der Waals surface area contributed by atoms with Crippen LogP contribution in [0.5, 0.6) is 0 Å². The third-order valence-corrected chi connectivity index (χ3v) is 3.85. The lowest BCUT2D eigenvalue weighted by atomic mass is 9.91. The summed E-state index contributed by atoms with van der Waals surface area (Å²) in [4.78, 5) is 18.9. The summed E-state index contributed by atoms with van der Waals surface area (Å²) < 4.78 is 0. The zero-order valence-corrected chi connectivity index (χ0v) is 11.9. The highest BCUT2D eigenvalue weighted by atomic mass is 35.5. The molecule has 2 heterocycles. The van der Waals surface area contributed by atoms with E-state index in [0.717, 1.165) is 31.1 Å². The summed E-state index contributed by atoms with van der Waals surface area (Å²) in [6, 6.07) is 0.268. The summed E-state index contributed by atoms with van der Waals surface area (Å²) >= 11 is 5.89. The van der Waals surface area contributed by atoms with Gasteiger partial charge in [-0.15, -0.1) is 0 Å². The van der Waals surface area contributed by atoms with Gasteiger partial charge in [0.15, 0.2) is 5.65 Å². The Balaban J connectivity index is 1.67. The number of aromatic nitrogens is 4. The first-order valence-electron chi connectivity index (χ1n) is 6.74. The van der Waals surface area contributed by atoms with Crippen molar-refractivity contribution in [3.63, 3.8) is 0 Å². The molecule has 0 unspecified atom stereocenters. The molecule has 1 aliphatic carbocycles. The highest BCUT2D eigenvalue weighted by molar-refractivity contribution is 6.28. The van der Waals surface area contributed by atoms with Crippen LogP contribution in [0.2, 0.25) is 5.28 Å². The highest BCUT2D eigenvalue weighted by Gasteiger charge is 2.23. The fraction of sp³-hybridized carbons (Fsp3) is 0.500. The van der Waals surface area contributed by atoms with E-state index in [2.05, 4.69) is 30.8 Å². The van der Waals surface area contributed by atoms with Gasteiger partial charge < -0.3 is 15.7 Å². The van der Waals surface area contributed by atoms with Crippen LogP contribution >= 0.6 is 11.6 Å². The molecule has 4 N–H and O–H groups in total. The van der Waals surface area contributed by atoms with Crippen LogP contribution in [-0.4, -0.2) is 43.4 Å². The average Bonchev–Trinajstić information content (AvgIpc) is 2.88. The number of H-pyrrole nitrogens is 1. The van der Waals surface area contributed by atoms with Crippen LogP contribution in [0.4, 0.5) is 10.6 Å². The van der Waals surface area contributed by atoms with Gasteiger partial charge in [-0.25, -0.2) is 4.79 Å². The minimum atomic E-state index is -0.964. The number of nitrogens with one attached hydrogen (secondary N) is 3. The van der Waals surface area contributed by atoms with Crippen molar-refractivity contribution in [2.75, 3.05) is 5.32 Å². The maximum absolute atomic E-state index is 10.6. The minimum Gasteiger partial charge on any atom is -0.465 e. The molecule has 2 aromatic rings. The van der Waals surface area contributed by atoms with Crippen molar-refractivity contribution in [1.82, 2.24) is 25.5 Å². The van der Waals surface area contributed by atoms with Gasteiger partial charge in [0.1, 0.15) is 5.82 Å². The molecule has 1 fully saturated rings. The van der Waals surface area contributed by atoms with Crippen molar-refractivity contribution in [3.05, 3.63) is 11.5 Å². The lowest BCUT2D eigenvalue weighted by Crippen LogP contribution is -2.39. The van der Waals surface area contributed by atoms with Gasteiger partial charge in [-0.1, -0.05) is 0 Å². The summed E-state index contributed by atoms with van der Waals surface area (Å²) in [6.07, 6.45) is 4.03. The van der Waals surface area contributed by atoms with Gasteiger partial charge in [-0.2, -0.15) is 15.1 Å². The molecule has 1 amide bonds. The molecule has 3 rings (SSSR count). The standard InChI is InChI=1S/C12H15ClN6O2/c13-11-17-9(8-5-14-19-10(8)18-11)15-6-1-3-7(4-2-6)16-12(20)21/h5-7,16H,1-4H2,(H,20,21)(H2,14,15,17,18,19)/t6-,7+. The Morgan fingerprint density at radius 3 is 2.71 bits per heavy atom. The van der Waals surface area contributed by atoms with Crippen molar-refractivity contribution in [2.45, 2.75) is 37.8 Å². The summed E-state index contributed by atoms with van der Waals surface area (Å²) in [5.74, 6) is 0.661. The van der Waals surface area contributed by atoms with Crippen LogP contribution in [0.25, 0.3) is 11.0 Å². The Hall–Kier alpha value is -2.09. The molecule has 21 heavy (non-hydrogen) atoms. The number of carboxylic acid groups (broad SMARTS) is 1. The zero-order valence-electron chi connectivity index (χ0n) is 11.1. The minimum absolute atomic E-state index is 0.0310. The van der Waals surface area contributed by atoms with Crippen molar-refractivity contribution < 1.29 is 9.90 Å². The average molecular weight is 311 g/mol. The van der Waals surface area contributed by atoms with Crippen molar-refractivity contribution >= 4 is 34.5 Å². The van der Waals surface area contributed by atoms with E-state index in [1.807, 2.05) is 0 Å². The second-order valence-electron chi connectivity index (χ2n) is 5.12. The second-order valence-corrected chi connectivity index (χ2v) is 5.45. The Morgan fingerprint density at radius 2 is 2.00 bits per heavy atom. The molecule has 0 atom stereocenters. The van der Waals surface area contributed by atoms with Gasteiger partial charge >= 0.3 is 6.09 Å². The third kappa shape index (κ3) is 3.15. The van der Waals surface area contributed by atoms with Gasteiger partial charge in [-0.3, -0.25) is 5.10 Å². The lowest BCUT2D eigenvalue weighted by molar-refractivity contribution is 0.185. The van der Waals surface area contributed by atoms with E-state index in [9.17, 15) is 4.79 Å². The van der Waals surface area contributed by atoms with Crippen molar-refractivity contribution in [3.8, 4) is 0 Å². The number of hydrogen-bond acceptors (Lipinski definition) is 5. The summed E-state index contributed by atoms with van der Waals surface area (Å²) in [5.41, 5.74) is 0.596. The number of fused-ring (bicyclic) bond motifs is 1. The third-order valence-electron chi connectivity index (χ3n) is 3.68. The Labute approximate surface area is 125 Å². The van der Waals surface area contributed by atoms with E-state index in [-0.39, 0.29) is 17.4 Å². The maximum atomic E-state index is 10.6. The Morgan fingerprint density at radius 1 is 1.29 bits per heavy atom. The maximum Gasteiger partial charge on any atom is 0.404 e. The van der Waals surface area contributed by atoms with E-state index in [1.165, 1.54) is 0 Å². The Kier molecular flexibility index (Phi) is 3.78. The van der Waals surface area contributed by atoms with E-state index in [4.69, 9.17) is 16.7 Å². The number of aromatic amines is 1. The number of hydrogen-bond donors (Lipinski definition) is 4. The highest BCUT2D eigenvalue weighted by Crippen LogP contribution is 2.25. The second kappa shape index (κ2) is 5.72. The molecule has 0 radical (unpaired) electrons. The number of anilines is 1. The van der Waals surface area contributed by atoms with E-state index in [0.29, 0.717) is 11.5 Å². The first kappa shape index (κ1) is 13.9. The fourth-order valence-electron chi connectivity index (χ4n) is 2.67. The molecular formula is C12H15ClN6O2. The van der Waals surface area contributed by atoms with Gasteiger partial charge in [0, 0.05) is 12.1 Å². The molecule has 0 bridgehead atoms. The summed E-state index contributed by atoms with van der Waals surface area (Å²) in [5, 5.41) is 22.3. The van der Waals surface area contributed by atoms with E-state index >= 15 is 0 Å². The molecule has 112 valence electrons. The fourth-order valence-corrected chi connectivity index (χ4v) is 2.84.